The van der Waals surface area contributed by atoms with Gasteiger partial charge in [-0.2, -0.15) is 0 Å². The Morgan fingerprint density at radius 2 is 1.86 bits per heavy atom. The van der Waals surface area contributed by atoms with Gasteiger partial charge in [-0.05, 0) is 24.3 Å². The number of carbonyl (C=O) groups excluding carboxylic acids is 1. The number of anilines is 1. The van der Waals surface area contributed by atoms with Gasteiger partial charge in [-0.3, -0.25) is 4.79 Å². The van der Waals surface area contributed by atoms with Gasteiger partial charge in [-0.15, -0.1) is 0 Å². The first-order chi connectivity index (χ1) is 10.2. The lowest BCUT2D eigenvalue weighted by molar-refractivity contribution is -0.139. The normalized spacial score (nSPS) is 11.5. The van der Waals surface area contributed by atoms with E-state index in [1.54, 1.807) is 0 Å². The van der Waals surface area contributed by atoms with E-state index >= 15 is 0 Å². The number of nitrogens with one attached hydrogen (secondary N) is 1. The largest absolute Gasteiger partial charge is 0.468 e. The lowest BCUT2D eigenvalue weighted by atomic mass is 10.3. The molecule has 0 aliphatic carbocycles. The molecule has 0 saturated carbocycles. The molecule has 0 aliphatic heterocycles. The van der Waals surface area contributed by atoms with Gasteiger partial charge in [0.25, 0.3) is 0 Å². The zero-order valence-electron chi connectivity index (χ0n) is 11.6. The molecule has 2 aromatic rings. The van der Waals surface area contributed by atoms with Gasteiger partial charge < -0.3 is 14.8 Å². The number of methoxy groups -OCH3 is 1. The molecule has 2 rings (SSSR count). The molecule has 1 unspecified atom stereocenters. The summed E-state index contributed by atoms with van der Waals surface area (Å²) in [5.74, 6) is 1.21. The molecule has 110 valence electrons. The zero-order valence-corrected chi connectivity index (χ0v) is 13.2. The molecule has 21 heavy (non-hydrogen) atoms. The monoisotopic (exact) mass is 349 g/mol. The third-order valence-corrected chi connectivity index (χ3v) is 3.45. The highest BCUT2D eigenvalue weighted by Crippen LogP contribution is 2.23. The number of alkyl halides is 1. The van der Waals surface area contributed by atoms with Crippen LogP contribution in [0.4, 0.5) is 5.69 Å². The van der Waals surface area contributed by atoms with Gasteiger partial charge in [-0.25, -0.2) is 0 Å². The second-order valence-electron chi connectivity index (χ2n) is 4.31. The van der Waals surface area contributed by atoms with Gasteiger partial charge in [0, 0.05) is 18.3 Å². The van der Waals surface area contributed by atoms with Crippen molar-refractivity contribution in [2.75, 3.05) is 19.0 Å². The molecule has 0 radical (unpaired) electrons. The molecule has 4 nitrogen and oxygen atoms in total. The number of esters is 1. The predicted molar refractivity (Wildman–Crippen MR) is 86.2 cm³/mol. The molecule has 0 amide bonds. The number of rotatable bonds is 6. The van der Waals surface area contributed by atoms with Crippen LogP contribution in [0.25, 0.3) is 0 Å². The number of carbonyl (C=O) groups is 1. The van der Waals surface area contributed by atoms with Crippen molar-refractivity contribution in [1.82, 2.24) is 0 Å². The average Bonchev–Trinajstić information content (AvgIpc) is 2.53. The van der Waals surface area contributed by atoms with Crippen LogP contribution in [0, 0.1) is 0 Å². The second-order valence-corrected chi connectivity index (χ2v) is 5.42. The maximum absolute atomic E-state index is 11.3. The minimum atomic E-state index is -0.388. The summed E-state index contributed by atoms with van der Waals surface area (Å²) in [6, 6.07) is 17.1. The molecule has 0 aliphatic rings. The van der Waals surface area contributed by atoms with E-state index in [1.165, 1.54) is 7.11 Å². The Morgan fingerprint density at radius 3 is 2.57 bits per heavy atom. The second kappa shape index (κ2) is 7.69. The Labute approximate surface area is 132 Å². The molecule has 0 aromatic heterocycles. The fourth-order valence-electron chi connectivity index (χ4n) is 1.71. The fraction of sp³-hybridized carbons (Fsp3) is 0.188. The third kappa shape index (κ3) is 4.79. The van der Waals surface area contributed by atoms with Crippen LogP contribution >= 0.6 is 15.9 Å². The van der Waals surface area contributed by atoms with E-state index in [0.29, 0.717) is 6.54 Å². The summed E-state index contributed by atoms with van der Waals surface area (Å²) in [6.45, 7) is 0.432. The minimum absolute atomic E-state index is 0.306. The van der Waals surface area contributed by atoms with Crippen molar-refractivity contribution in [3.8, 4) is 11.5 Å². The topological polar surface area (TPSA) is 47.6 Å². The first-order valence-electron chi connectivity index (χ1n) is 6.48. The van der Waals surface area contributed by atoms with E-state index in [9.17, 15) is 4.79 Å². The molecular weight excluding hydrogens is 334 g/mol. The standard InChI is InChI=1S/C16H16BrNO3/c1-20-16(19)15(17)11-18-12-6-5-9-14(10-12)21-13-7-3-2-4-8-13/h2-10,15,18H,11H2,1H3. The van der Waals surface area contributed by atoms with Gasteiger partial charge in [0.1, 0.15) is 16.3 Å². The Bertz CT molecular complexity index is 589. The van der Waals surface area contributed by atoms with Crippen molar-refractivity contribution in [3.63, 3.8) is 0 Å². The summed E-state index contributed by atoms with van der Waals surface area (Å²) in [4.78, 5) is 10.9. The summed E-state index contributed by atoms with van der Waals surface area (Å²) >= 11 is 3.26. The third-order valence-electron chi connectivity index (χ3n) is 2.76. The van der Waals surface area contributed by atoms with Crippen molar-refractivity contribution >= 4 is 27.6 Å². The van der Waals surface area contributed by atoms with E-state index in [-0.39, 0.29) is 10.8 Å². The summed E-state index contributed by atoms with van der Waals surface area (Å²) in [6.07, 6.45) is 0. The minimum Gasteiger partial charge on any atom is -0.468 e. The SMILES string of the molecule is COC(=O)C(Br)CNc1cccc(Oc2ccccc2)c1. The lowest BCUT2D eigenvalue weighted by Gasteiger charge is -2.12. The molecule has 1 N–H and O–H groups in total. The highest BCUT2D eigenvalue weighted by molar-refractivity contribution is 9.10. The molecule has 2 aromatic carbocycles. The van der Waals surface area contributed by atoms with Crippen LogP contribution < -0.4 is 10.1 Å². The molecule has 0 heterocycles. The van der Waals surface area contributed by atoms with E-state index < -0.39 is 0 Å². The van der Waals surface area contributed by atoms with Crippen LogP contribution in [0.1, 0.15) is 0 Å². The van der Waals surface area contributed by atoms with Crippen molar-refractivity contribution in [2.24, 2.45) is 0 Å². The Hall–Kier alpha value is -2.01. The molecule has 5 heteroatoms. The zero-order chi connectivity index (χ0) is 15.1. The number of hydrogen-bond acceptors (Lipinski definition) is 4. The molecule has 1 atom stereocenters. The first kappa shape index (κ1) is 15.4. The summed E-state index contributed by atoms with van der Waals surface area (Å²) in [5.41, 5.74) is 0.872. The highest BCUT2D eigenvalue weighted by atomic mass is 79.9. The van der Waals surface area contributed by atoms with Crippen molar-refractivity contribution in [2.45, 2.75) is 4.83 Å². The maximum Gasteiger partial charge on any atom is 0.321 e. The lowest BCUT2D eigenvalue weighted by Crippen LogP contribution is -2.24. The molecule has 0 saturated heterocycles. The van der Waals surface area contributed by atoms with Gasteiger partial charge in [-0.1, -0.05) is 40.2 Å². The molecule has 0 fully saturated rings. The predicted octanol–water partition coefficient (Wildman–Crippen LogP) is 3.83. The number of hydrogen-bond donors (Lipinski definition) is 1. The summed E-state index contributed by atoms with van der Waals surface area (Å²) < 4.78 is 10.4. The number of ether oxygens (including phenoxy) is 2. The first-order valence-corrected chi connectivity index (χ1v) is 7.39. The van der Waals surface area contributed by atoms with Gasteiger partial charge in [0.15, 0.2) is 0 Å². The maximum atomic E-state index is 11.3. The number of para-hydroxylation sites is 1. The van der Waals surface area contributed by atoms with Crippen molar-refractivity contribution in [3.05, 3.63) is 54.6 Å². The van der Waals surface area contributed by atoms with Crippen LogP contribution in [-0.4, -0.2) is 24.5 Å². The average molecular weight is 350 g/mol. The Morgan fingerprint density at radius 1 is 1.14 bits per heavy atom. The van der Waals surface area contributed by atoms with Crippen LogP contribution in [0.5, 0.6) is 11.5 Å². The fourth-order valence-corrected chi connectivity index (χ4v) is 2.06. The van der Waals surface area contributed by atoms with Gasteiger partial charge in [0.2, 0.25) is 0 Å². The van der Waals surface area contributed by atoms with Crippen LogP contribution in [0.15, 0.2) is 54.6 Å². The summed E-state index contributed by atoms with van der Waals surface area (Å²) in [5, 5.41) is 3.16. The van der Waals surface area contributed by atoms with Crippen LogP contribution in [0.3, 0.4) is 0 Å². The van der Waals surface area contributed by atoms with E-state index in [1.807, 2.05) is 54.6 Å². The molecule has 0 spiro atoms. The molecule has 0 bridgehead atoms. The van der Waals surface area contributed by atoms with E-state index in [4.69, 9.17) is 4.74 Å². The molecular formula is C16H16BrNO3. The van der Waals surface area contributed by atoms with Crippen LogP contribution in [-0.2, 0) is 9.53 Å². The van der Waals surface area contributed by atoms with Gasteiger partial charge in [0.05, 0.1) is 7.11 Å². The smallest absolute Gasteiger partial charge is 0.321 e. The van der Waals surface area contributed by atoms with Crippen molar-refractivity contribution in [1.29, 1.82) is 0 Å². The quantitative estimate of drug-likeness (QED) is 0.636. The summed E-state index contributed by atoms with van der Waals surface area (Å²) in [7, 11) is 1.37. The van der Waals surface area contributed by atoms with Crippen molar-refractivity contribution < 1.29 is 14.3 Å². The highest BCUT2D eigenvalue weighted by Gasteiger charge is 2.14. The number of halogens is 1. The van der Waals surface area contributed by atoms with Crippen LogP contribution in [0.2, 0.25) is 0 Å². The van der Waals surface area contributed by atoms with Gasteiger partial charge >= 0.3 is 5.97 Å². The Balaban J connectivity index is 1.96. The number of benzene rings is 2. The Kier molecular flexibility index (Phi) is 5.63. The van der Waals surface area contributed by atoms with E-state index in [0.717, 1.165) is 17.2 Å². The van der Waals surface area contributed by atoms with E-state index in [2.05, 4.69) is 26.0 Å².